The van der Waals surface area contributed by atoms with Crippen molar-refractivity contribution in [2.45, 2.75) is 57.3 Å². The highest BCUT2D eigenvalue weighted by molar-refractivity contribution is 6.31. The van der Waals surface area contributed by atoms with E-state index in [4.69, 9.17) is 16.3 Å². The first-order valence-corrected chi connectivity index (χ1v) is 9.58. The largest absolute Gasteiger partial charge is 0.484 e. The molecule has 5 nitrogen and oxygen atoms in total. The zero-order valence-electron chi connectivity index (χ0n) is 15.4. The van der Waals surface area contributed by atoms with Crippen LogP contribution in [0.2, 0.25) is 5.02 Å². The minimum Gasteiger partial charge on any atom is -0.484 e. The van der Waals surface area contributed by atoms with E-state index < -0.39 is 30.8 Å². The van der Waals surface area contributed by atoms with E-state index in [1.807, 2.05) is 0 Å². The highest BCUT2D eigenvalue weighted by atomic mass is 35.5. The highest BCUT2D eigenvalue weighted by Crippen LogP contribution is 2.43. The molecule has 1 aliphatic heterocycles. The molecule has 1 fully saturated rings. The molecule has 1 amide bonds. The number of aliphatic hydroxyl groups is 1. The van der Waals surface area contributed by atoms with Crippen molar-refractivity contribution in [3.05, 3.63) is 28.8 Å². The number of halogens is 4. The van der Waals surface area contributed by atoms with E-state index in [-0.39, 0.29) is 16.6 Å². The molecule has 0 bridgehead atoms. The number of hydrogen-bond acceptors (Lipinski definition) is 4. The molecule has 2 aliphatic rings. The van der Waals surface area contributed by atoms with Crippen LogP contribution >= 0.6 is 11.6 Å². The predicted octanol–water partition coefficient (Wildman–Crippen LogP) is 4.45. The second-order valence-corrected chi connectivity index (χ2v) is 7.73. The molecule has 154 valence electrons. The lowest BCUT2D eigenvalue weighted by molar-refractivity contribution is -0.302. The van der Waals surface area contributed by atoms with Crippen LogP contribution in [0.1, 0.15) is 44.1 Å². The third-order valence-corrected chi connectivity index (χ3v) is 5.69. The summed E-state index contributed by atoms with van der Waals surface area (Å²) >= 11 is 5.92. The van der Waals surface area contributed by atoms with Crippen LogP contribution in [0.5, 0.6) is 5.75 Å². The third kappa shape index (κ3) is 4.12. The fourth-order valence-corrected chi connectivity index (χ4v) is 3.75. The number of carbonyl (C=O) groups is 1. The topological polar surface area (TPSA) is 62.1 Å². The summed E-state index contributed by atoms with van der Waals surface area (Å²) in [7, 11) is 0. The van der Waals surface area contributed by atoms with Crippen molar-refractivity contribution in [2.24, 2.45) is 11.0 Å². The van der Waals surface area contributed by atoms with Crippen molar-refractivity contribution in [2.75, 3.05) is 6.61 Å². The fourth-order valence-electron chi connectivity index (χ4n) is 3.63. The number of rotatable bonds is 4. The smallest absolute Gasteiger partial charge is 0.438 e. The van der Waals surface area contributed by atoms with Crippen LogP contribution < -0.4 is 4.74 Å². The van der Waals surface area contributed by atoms with Crippen molar-refractivity contribution in [1.82, 2.24) is 5.01 Å². The summed E-state index contributed by atoms with van der Waals surface area (Å²) in [6, 6.07) is 4.66. The van der Waals surface area contributed by atoms with Crippen molar-refractivity contribution < 1.29 is 27.8 Å². The van der Waals surface area contributed by atoms with Gasteiger partial charge in [-0.2, -0.15) is 23.3 Å². The van der Waals surface area contributed by atoms with Crippen LogP contribution in [0, 0.1) is 12.8 Å². The Kier molecular flexibility index (Phi) is 5.91. The molecule has 9 heteroatoms. The van der Waals surface area contributed by atoms with Gasteiger partial charge in [0.2, 0.25) is 0 Å². The molecular formula is C19H22ClF3N2O3. The number of alkyl halides is 3. The van der Waals surface area contributed by atoms with Gasteiger partial charge >= 0.3 is 6.18 Å². The van der Waals surface area contributed by atoms with Crippen LogP contribution in [0.25, 0.3) is 0 Å². The minimum absolute atomic E-state index is 0.139. The Morgan fingerprint density at radius 3 is 2.64 bits per heavy atom. The van der Waals surface area contributed by atoms with E-state index in [9.17, 15) is 23.1 Å². The molecular weight excluding hydrogens is 397 g/mol. The molecule has 1 heterocycles. The molecule has 1 atom stereocenters. The van der Waals surface area contributed by atoms with Crippen molar-refractivity contribution in [3.8, 4) is 5.75 Å². The number of hydrazone groups is 1. The Bertz CT molecular complexity index is 778. The van der Waals surface area contributed by atoms with Gasteiger partial charge in [0.1, 0.15) is 5.75 Å². The Hall–Kier alpha value is -1.80. The SMILES string of the molecule is Cc1cc(OCC(=O)N2N=C(C3CCCCC3)CC2(O)C(F)(F)F)ccc1Cl. The molecule has 0 radical (unpaired) electrons. The summed E-state index contributed by atoms with van der Waals surface area (Å²) in [6.45, 7) is 1.06. The number of hydrogen-bond donors (Lipinski definition) is 1. The Labute approximate surface area is 166 Å². The molecule has 1 N–H and O–H groups in total. The van der Waals surface area contributed by atoms with E-state index in [1.165, 1.54) is 6.07 Å². The maximum Gasteiger partial charge on any atom is 0.438 e. The molecule has 3 rings (SSSR count). The van der Waals surface area contributed by atoms with Gasteiger partial charge in [-0.25, -0.2) is 0 Å². The van der Waals surface area contributed by atoms with Gasteiger partial charge in [-0.05, 0) is 49.4 Å². The third-order valence-electron chi connectivity index (χ3n) is 5.26. The molecule has 0 spiro atoms. The summed E-state index contributed by atoms with van der Waals surface area (Å²) in [5.74, 6) is -0.903. The minimum atomic E-state index is -5.03. The first-order valence-electron chi connectivity index (χ1n) is 9.20. The zero-order chi connectivity index (χ0) is 20.5. The average Bonchev–Trinajstić information content (AvgIpc) is 3.02. The van der Waals surface area contributed by atoms with Gasteiger partial charge in [0.15, 0.2) is 6.61 Å². The average molecular weight is 419 g/mol. The summed E-state index contributed by atoms with van der Waals surface area (Å²) in [5.41, 5.74) is -2.40. The van der Waals surface area contributed by atoms with E-state index in [1.54, 1.807) is 19.1 Å². The van der Waals surface area contributed by atoms with Gasteiger partial charge < -0.3 is 9.84 Å². The normalized spacial score (nSPS) is 23.6. The molecule has 1 aromatic rings. The summed E-state index contributed by atoms with van der Waals surface area (Å²) in [6.07, 6.45) is -1.47. The van der Waals surface area contributed by atoms with Gasteiger partial charge in [-0.1, -0.05) is 30.9 Å². The monoisotopic (exact) mass is 418 g/mol. The molecule has 1 unspecified atom stereocenters. The van der Waals surface area contributed by atoms with E-state index in [0.29, 0.717) is 16.3 Å². The van der Waals surface area contributed by atoms with E-state index in [2.05, 4.69) is 5.10 Å². The van der Waals surface area contributed by atoms with Crippen LogP contribution in [0.15, 0.2) is 23.3 Å². The number of ether oxygens (including phenoxy) is 1. The Morgan fingerprint density at radius 1 is 1.36 bits per heavy atom. The van der Waals surface area contributed by atoms with Crippen molar-refractivity contribution >= 4 is 23.2 Å². The molecule has 1 aromatic carbocycles. The maximum atomic E-state index is 13.6. The summed E-state index contributed by atoms with van der Waals surface area (Å²) < 4.78 is 46.1. The van der Waals surface area contributed by atoms with Crippen LogP contribution in [0.3, 0.4) is 0 Å². The standard InChI is InChI=1S/C19H22ClF3N2O3/c1-12-9-14(7-8-15(12)20)28-11-17(26)25-18(27,19(21,22)23)10-16(24-25)13-5-3-2-4-6-13/h7-9,13,27H,2-6,10-11H2,1H3. The van der Waals surface area contributed by atoms with Gasteiger partial charge in [0.05, 0.1) is 0 Å². The number of nitrogens with zero attached hydrogens (tertiary/aromatic N) is 2. The van der Waals surface area contributed by atoms with Gasteiger partial charge in [0.25, 0.3) is 11.6 Å². The highest BCUT2D eigenvalue weighted by Gasteiger charge is 2.63. The number of amides is 1. The number of aryl methyl sites for hydroxylation is 1. The molecule has 1 aliphatic carbocycles. The number of benzene rings is 1. The summed E-state index contributed by atoms with van der Waals surface area (Å²) in [4.78, 5) is 12.5. The van der Waals surface area contributed by atoms with E-state index in [0.717, 1.165) is 32.1 Å². The lowest BCUT2D eigenvalue weighted by atomic mass is 9.83. The lowest BCUT2D eigenvalue weighted by Gasteiger charge is -2.32. The van der Waals surface area contributed by atoms with E-state index >= 15 is 0 Å². The molecule has 1 saturated carbocycles. The Morgan fingerprint density at radius 2 is 2.04 bits per heavy atom. The maximum absolute atomic E-state index is 13.6. The molecule has 0 saturated heterocycles. The van der Waals surface area contributed by atoms with Crippen LogP contribution in [0.4, 0.5) is 13.2 Å². The second kappa shape index (κ2) is 7.91. The zero-order valence-corrected chi connectivity index (χ0v) is 16.2. The van der Waals surface area contributed by atoms with Gasteiger partial charge in [-0.3, -0.25) is 4.79 Å². The van der Waals surface area contributed by atoms with Crippen LogP contribution in [-0.2, 0) is 4.79 Å². The quantitative estimate of drug-likeness (QED) is 0.786. The molecule has 0 aromatic heterocycles. The van der Waals surface area contributed by atoms with Gasteiger partial charge in [-0.15, -0.1) is 0 Å². The molecule has 28 heavy (non-hydrogen) atoms. The Balaban J connectivity index is 1.77. The predicted molar refractivity (Wildman–Crippen MR) is 98.2 cm³/mol. The van der Waals surface area contributed by atoms with Crippen molar-refractivity contribution in [1.29, 1.82) is 0 Å². The second-order valence-electron chi connectivity index (χ2n) is 7.32. The van der Waals surface area contributed by atoms with Gasteiger partial charge in [0, 0.05) is 17.2 Å². The van der Waals surface area contributed by atoms with Crippen molar-refractivity contribution in [3.63, 3.8) is 0 Å². The number of carbonyl (C=O) groups excluding carboxylic acids is 1. The van der Waals surface area contributed by atoms with Crippen LogP contribution in [-0.4, -0.2) is 40.2 Å². The first kappa shape index (κ1) is 20.9. The lowest BCUT2D eigenvalue weighted by Crippen LogP contribution is -2.57. The first-order chi connectivity index (χ1) is 13.1. The summed E-state index contributed by atoms with van der Waals surface area (Å²) in [5, 5.41) is 14.9. The fraction of sp³-hybridized carbons (Fsp3) is 0.579.